The lowest BCUT2D eigenvalue weighted by molar-refractivity contribution is 0.446. The number of hydrogen-bond donors (Lipinski definition) is 0. The molecule has 0 radical (unpaired) electrons. The Morgan fingerprint density at radius 2 is 1.94 bits per heavy atom. The average Bonchev–Trinajstić information content (AvgIpc) is 2.51. The zero-order valence-electron chi connectivity index (χ0n) is 9.88. The van der Waals surface area contributed by atoms with Crippen molar-refractivity contribution >= 4 is 5.65 Å². The van der Waals surface area contributed by atoms with Gasteiger partial charge >= 0.3 is 5.69 Å². The summed E-state index contributed by atoms with van der Waals surface area (Å²) in [6, 6.07) is 0.0254. The molecule has 0 aliphatic heterocycles. The van der Waals surface area contributed by atoms with Gasteiger partial charge in [0.2, 0.25) is 0 Å². The maximum absolute atomic E-state index is 11.6. The second-order valence-corrected chi connectivity index (χ2v) is 4.35. The minimum absolute atomic E-state index is 0.0254. The minimum Gasteiger partial charge on any atom is -0.244 e. The Morgan fingerprint density at radius 1 is 1.25 bits per heavy atom. The lowest BCUT2D eigenvalue weighted by atomic mass is 10.2. The first-order valence-corrected chi connectivity index (χ1v) is 5.35. The molecule has 0 bridgehead atoms. The fourth-order valence-electron chi connectivity index (χ4n) is 1.52. The molecule has 0 aliphatic rings. The molecule has 2 aromatic heterocycles. The van der Waals surface area contributed by atoms with Gasteiger partial charge in [0, 0.05) is 5.92 Å². The summed E-state index contributed by atoms with van der Waals surface area (Å²) in [6.45, 7) is 7.87. The van der Waals surface area contributed by atoms with E-state index in [1.807, 2.05) is 27.7 Å². The van der Waals surface area contributed by atoms with Gasteiger partial charge in [-0.1, -0.05) is 13.8 Å². The van der Waals surface area contributed by atoms with Gasteiger partial charge in [-0.3, -0.25) is 0 Å². The molecule has 0 saturated heterocycles. The van der Waals surface area contributed by atoms with E-state index < -0.39 is 0 Å². The van der Waals surface area contributed by atoms with Crippen molar-refractivity contribution in [1.29, 1.82) is 0 Å². The zero-order chi connectivity index (χ0) is 11.9. The predicted molar refractivity (Wildman–Crippen MR) is 59.5 cm³/mol. The summed E-state index contributed by atoms with van der Waals surface area (Å²) < 4.78 is 3.05. The molecule has 0 fully saturated rings. The van der Waals surface area contributed by atoms with Gasteiger partial charge in [0.1, 0.15) is 0 Å². The van der Waals surface area contributed by atoms with Crippen LogP contribution in [0.25, 0.3) is 5.65 Å². The van der Waals surface area contributed by atoms with Crippen LogP contribution in [0.1, 0.15) is 45.5 Å². The largest absolute Gasteiger partial charge is 0.366 e. The van der Waals surface area contributed by atoms with Crippen molar-refractivity contribution in [3.05, 3.63) is 22.5 Å². The van der Waals surface area contributed by atoms with E-state index in [0.29, 0.717) is 11.5 Å². The fourth-order valence-corrected chi connectivity index (χ4v) is 1.52. The molecule has 0 aliphatic carbocycles. The van der Waals surface area contributed by atoms with E-state index in [-0.39, 0.29) is 17.6 Å². The van der Waals surface area contributed by atoms with E-state index in [1.54, 1.807) is 6.20 Å². The van der Waals surface area contributed by atoms with Crippen LogP contribution in [0.15, 0.2) is 11.0 Å². The number of fused-ring (bicyclic) bond motifs is 1. The Balaban J connectivity index is 2.75. The van der Waals surface area contributed by atoms with Gasteiger partial charge in [-0.25, -0.2) is 14.5 Å². The fraction of sp³-hybridized carbons (Fsp3) is 0.600. The van der Waals surface area contributed by atoms with Gasteiger partial charge in [0.25, 0.3) is 0 Å². The quantitative estimate of drug-likeness (QED) is 0.758. The summed E-state index contributed by atoms with van der Waals surface area (Å²) in [5, 5.41) is 4.32. The zero-order valence-corrected chi connectivity index (χ0v) is 9.88. The molecule has 2 aromatic rings. The van der Waals surface area contributed by atoms with Crippen LogP contribution in [-0.2, 0) is 0 Å². The number of nitrogens with zero attached hydrogens (tertiary/aromatic N) is 5. The highest BCUT2D eigenvalue weighted by molar-refractivity contribution is 5.30. The molecule has 0 atom stereocenters. The minimum atomic E-state index is -0.287. The van der Waals surface area contributed by atoms with Crippen LogP contribution in [0.4, 0.5) is 0 Å². The highest BCUT2D eigenvalue weighted by Gasteiger charge is 2.12. The molecule has 6 nitrogen and oxygen atoms in total. The molecular formula is C10H15N5O. The summed E-state index contributed by atoms with van der Waals surface area (Å²) in [4.78, 5) is 19.7. The highest BCUT2D eigenvalue weighted by atomic mass is 16.2. The van der Waals surface area contributed by atoms with E-state index in [1.165, 1.54) is 9.31 Å². The Labute approximate surface area is 92.9 Å². The van der Waals surface area contributed by atoms with Crippen LogP contribution < -0.4 is 5.69 Å². The molecule has 0 saturated carbocycles. The molecule has 2 heterocycles. The van der Waals surface area contributed by atoms with Gasteiger partial charge in [-0.15, -0.1) is 9.73 Å². The molecule has 0 amide bonds. The van der Waals surface area contributed by atoms with E-state index in [0.717, 1.165) is 0 Å². The van der Waals surface area contributed by atoms with Crippen LogP contribution in [0.2, 0.25) is 0 Å². The molecule has 0 aromatic carbocycles. The second-order valence-electron chi connectivity index (χ2n) is 4.35. The number of hydrogen-bond acceptors (Lipinski definition) is 4. The molecular weight excluding hydrogens is 206 g/mol. The molecule has 2 rings (SSSR count). The summed E-state index contributed by atoms with van der Waals surface area (Å²) in [6.07, 6.45) is 1.59. The van der Waals surface area contributed by atoms with Gasteiger partial charge < -0.3 is 0 Å². The molecule has 0 spiro atoms. The number of rotatable bonds is 2. The van der Waals surface area contributed by atoms with Gasteiger partial charge in [-0.2, -0.15) is 4.98 Å². The second kappa shape index (κ2) is 3.70. The van der Waals surface area contributed by atoms with Gasteiger partial charge in [-0.05, 0) is 13.8 Å². The van der Waals surface area contributed by atoms with Crippen molar-refractivity contribution in [2.45, 2.75) is 39.7 Å². The highest BCUT2D eigenvalue weighted by Crippen LogP contribution is 2.08. The van der Waals surface area contributed by atoms with E-state index in [4.69, 9.17) is 0 Å². The third-order valence-corrected chi connectivity index (χ3v) is 2.33. The van der Waals surface area contributed by atoms with Gasteiger partial charge in [0.15, 0.2) is 11.5 Å². The van der Waals surface area contributed by atoms with Crippen molar-refractivity contribution in [3.8, 4) is 0 Å². The third-order valence-electron chi connectivity index (χ3n) is 2.33. The van der Waals surface area contributed by atoms with Crippen LogP contribution >= 0.6 is 0 Å². The van der Waals surface area contributed by atoms with E-state index in [2.05, 4.69) is 15.1 Å². The normalized spacial score (nSPS) is 11.9. The Morgan fingerprint density at radius 3 is 2.50 bits per heavy atom. The molecule has 0 unspecified atom stereocenters. The summed E-state index contributed by atoms with van der Waals surface area (Å²) in [7, 11) is 0. The molecule has 6 heteroatoms. The predicted octanol–water partition coefficient (Wildman–Crippen LogP) is 0.990. The first-order chi connectivity index (χ1) is 7.50. The lowest BCUT2D eigenvalue weighted by Crippen LogP contribution is -2.24. The van der Waals surface area contributed by atoms with Crippen molar-refractivity contribution < 1.29 is 0 Å². The van der Waals surface area contributed by atoms with Crippen LogP contribution in [0.3, 0.4) is 0 Å². The Kier molecular flexibility index (Phi) is 2.49. The first kappa shape index (κ1) is 10.8. The summed E-state index contributed by atoms with van der Waals surface area (Å²) in [5.74, 6) is 0.932. The maximum Gasteiger partial charge on any atom is 0.366 e. The monoisotopic (exact) mass is 221 g/mol. The molecule has 86 valence electrons. The standard InChI is InChI=1S/C10H15N5O/c1-6(2)9-11-5-8-12-10(16)14(7(3)4)15(8)13-9/h5-7H,1-4H3. The third kappa shape index (κ3) is 1.60. The first-order valence-electron chi connectivity index (χ1n) is 5.35. The van der Waals surface area contributed by atoms with E-state index in [9.17, 15) is 4.79 Å². The van der Waals surface area contributed by atoms with Gasteiger partial charge in [0.05, 0.1) is 12.2 Å². The molecule has 16 heavy (non-hydrogen) atoms. The van der Waals surface area contributed by atoms with Crippen molar-refractivity contribution in [2.75, 3.05) is 0 Å². The smallest absolute Gasteiger partial charge is 0.244 e. The van der Waals surface area contributed by atoms with Crippen LogP contribution in [0.5, 0.6) is 0 Å². The van der Waals surface area contributed by atoms with Crippen molar-refractivity contribution in [3.63, 3.8) is 0 Å². The molecule has 0 N–H and O–H groups in total. The van der Waals surface area contributed by atoms with Crippen LogP contribution in [-0.4, -0.2) is 24.4 Å². The number of aromatic nitrogens is 5. The Hall–Kier alpha value is -1.72. The summed E-state index contributed by atoms with van der Waals surface area (Å²) in [5.41, 5.74) is 0.202. The summed E-state index contributed by atoms with van der Waals surface area (Å²) >= 11 is 0. The average molecular weight is 221 g/mol. The van der Waals surface area contributed by atoms with Crippen molar-refractivity contribution in [2.24, 2.45) is 0 Å². The van der Waals surface area contributed by atoms with E-state index >= 15 is 0 Å². The topological polar surface area (TPSA) is 65.1 Å². The van der Waals surface area contributed by atoms with Crippen molar-refractivity contribution in [1.82, 2.24) is 24.4 Å². The van der Waals surface area contributed by atoms with Crippen LogP contribution in [0, 0.1) is 0 Å². The maximum atomic E-state index is 11.6. The lowest BCUT2D eigenvalue weighted by Gasteiger charge is -2.08. The SMILES string of the molecule is CC(C)c1ncc2nc(=O)n(C(C)C)n2n1. The Bertz CT molecular complexity index is 566.